The molecule has 0 aliphatic heterocycles. The highest BCUT2D eigenvalue weighted by molar-refractivity contribution is 5.32. The van der Waals surface area contributed by atoms with E-state index in [-0.39, 0.29) is 6.79 Å². The molecule has 0 saturated heterocycles. The zero-order valence-corrected chi connectivity index (χ0v) is 10.3. The van der Waals surface area contributed by atoms with E-state index in [0.717, 1.165) is 6.42 Å². The third-order valence-corrected chi connectivity index (χ3v) is 3.05. The minimum atomic E-state index is -0.212. The van der Waals surface area contributed by atoms with Crippen LogP contribution in [-0.2, 0) is 4.74 Å². The van der Waals surface area contributed by atoms with E-state index >= 15 is 0 Å². The van der Waals surface area contributed by atoms with Crippen molar-refractivity contribution in [2.45, 2.75) is 12.3 Å². The van der Waals surface area contributed by atoms with Crippen molar-refractivity contribution in [2.75, 3.05) is 13.4 Å². The molecule has 0 fully saturated rings. The molecular formula is C16H18O2. The minimum Gasteiger partial charge on any atom is -0.371 e. The molecule has 0 aliphatic rings. The maximum absolute atomic E-state index is 8.70. The van der Waals surface area contributed by atoms with Gasteiger partial charge in [-0.05, 0) is 17.5 Å². The summed E-state index contributed by atoms with van der Waals surface area (Å²) in [6.45, 7) is 0.348. The van der Waals surface area contributed by atoms with Crippen LogP contribution >= 0.6 is 0 Å². The molecule has 18 heavy (non-hydrogen) atoms. The maximum Gasteiger partial charge on any atom is 0.143 e. The SMILES string of the molecule is OCOCCC(c1ccccc1)c1ccccc1. The summed E-state index contributed by atoms with van der Waals surface area (Å²) in [4.78, 5) is 0. The van der Waals surface area contributed by atoms with Crippen LogP contribution < -0.4 is 0 Å². The van der Waals surface area contributed by atoms with E-state index in [1.807, 2.05) is 12.1 Å². The summed E-state index contributed by atoms with van der Waals surface area (Å²) >= 11 is 0. The molecule has 2 aromatic carbocycles. The third kappa shape index (κ3) is 3.42. The Labute approximate surface area is 108 Å². The van der Waals surface area contributed by atoms with E-state index in [4.69, 9.17) is 9.84 Å². The number of aliphatic hydroxyl groups excluding tert-OH is 1. The van der Waals surface area contributed by atoms with Gasteiger partial charge in [-0.1, -0.05) is 60.7 Å². The first-order valence-electron chi connectivity index (χ1n) is 6.20. The Morgan fingerprint density at radius 3 is 1.78 bits per heavy atom. The van der Waals surface area contributed by atoms with Crippen LogP contribution in [0.5, 0.6) is 0 Å². The fourth-order valence-electron chi connectivity index (χ4n) is 2.16. The van der Waals surface area contributed by atoms with Crippen LogP contribution in [0.2, 0.25) is 0 Å². The van der Waals surface area contributed by atoms with Crippen LogP contribution in [-0.4, -0.2) is 18.5 Å². The van der Waals surface area contributed by atoms with Crippen molar-refractivity contribution < 1.29 is 9.84 Å². The standard InChI is InChI=1S/C16H18O2/c17-13-18-12-11-16(14-7-3-1-4-8-14)15-9-5-2-6-10-15/h1-10,16-17H,11-13H2. The predicted molar refractivity (Wildman–Crippen MR) is 72.4 cm³/mol. The second kappa shape index (κ2) is 6.94. The van der Waals surface area contributed by atoms with Gasteiger partial charge in [-0.25, -0.2) is 0 Å². The average Bonchev–Trinajstić information content (AvgIpc) is 2.46. The van der Waals surface area contributed by atoms with Crippen molar-refractivity contribution in [2.24, 2.45) is 0 Å². The Balaban J connectivity index is 2.18. The molecule has 0 saturated carbocycles. The van der Waals surface area contributed by atoms with Crippen LogP contribution in [0.1, 0.15) is 23.5 Å². The Morgan fingerprint density at radius 1 is 0.833 bits per heavy atom. The lowest BCUT2D eigenvalue weighted by atomic mass is 9.89. The summed E-state index contributed by atoms with van der Waals surface area (Å²) in [5, 5.41) is 8.70. The van der Waals surface area contributed by atoms with E-state index < -0.39 is 0 Å². The summed E-state index contributed by atoms with van der Waals surface area (Å²) in [6.07, 6.45) is 0.870. The third-order valence-electron chi connectivity index (χ3n) is 3.05. The van der Waals surface area contributed by atoms with Crippen LogP contribution in [0.4, 0.5) is 0 Å². The first kappa shape index (κ1) is 12.8. The van der Waals surface area contributed by atoms with E-state index in [1.165, 1.54) is 11.1 Å². The van der Waals surface area contributed by atoms with Gasteiger partial charge in [0.2, 0.25) is 0 Å². The molecule has 0 amide bonds. The number of benzene rings is 2. The van der Waals surface area contributed by atoms with Crippen LogP contribution in [0.15, 0.2) is 60.7 Å². The van der Waals surface area contributed by atoms with Gasteiger partial charge in [-0.3, -0.25) is 0 Å². The second-order valence-electron chi connectivity index (χ2n) is 4.20. The van der Waals surface area contributed by atoms with Gasteiger partial charge < -0.3 is 9.84 Å². The van der Waals surface area contributed by atoms with Gasteiger partial charge >= 0.3 is 0 Å². The fraction of sp³-hybridized carbons (Fsp3) is 0.250. The molecule has 2 aromatic rings. The molecule has 0 atom stereocenters. The van der Waals surface area contributed by atoms with Gasteiger partial charge in [0.25, 0.3) is 0 Å². The van der Waals surface area contributed by atoms with Gasteiger partial charge in [0.15, 0.2) is 0 Å². The number of hydrogen-bond acceptors (Lipinski definition) is 2. The van der Waals surface area contributed by atoms with Crippen LogP contribution in [0.25, 0.3) is 0 Å². The number of rotatable bonds is 6. The number of hydrogen-bond donors (Lipinski definition) is 1. The predicted octanol–water partition coefficient (Wildman–Crippen LogP) is 3.18. The highest BCUT2D eigenvalue weighted by Gasteiger charge is 2.13. The molecule has 0 heterocycles. The summed E-state index contributed by atoms with van der Waals surface area (Å²) in [6, 6.07) is 20.8. The summed E-state index contributed by atoms with van der Waals surface area (Å²) in [5.41, 5.74) is 2.57. The first-order chi connectivity index (χ1) is 8.92. The summed E-state index contributed by atoms with van der Waals surface area (Å²) in [5.74, 6) is 0.318. The van der Waals surface area contributed by atoms with Gasteiger partial charge in [0, 0.05) is 5.92 Å². The van der Waals surface area contributed by atoms with Crippen molar-refractivity contribution in [3.05, 3.63) is 71.8 Å². The van der Waals surface area contributed by atoms with E-state index in [9.17, 15) is 0 Å². The molecule has 2 rings (SSSR count). The average molecular weight is 242 g/mol. The van der Waals surface area contributed by atoms with Gasteiger partial charge in [-0.15, -0.1) is 0 Å². The van der Waals surface area contributed by atoms with E-state index in [1.54, 1.807) is 0 Å². The molecule has 0 unspecified atom stereocenters. The maximum atomic E-state index is 8.70. The molecule has 1 N–H and O–H groups in total. The topological polar surface area (TPSA) is 29.5 Å². The monoisotopic (exact) mass is 242 g/mol. The molecule has 0 radical (unpaired) electrons. The molecule has 0 spiro atoms. The van der Waals surface area contributed by atoms with Crippen molar-refractivity contribution in [1.82, 2.24) is 0 Å². The second-order valence-corrected chi connectivity index (χ2v) is 4.20. The molecule has 0 bridgehead atoms. The molecule has 0 aromatic heterocycles. The van der Waals surface area contributed by atoms with E-state index in [2.05, 4.69) is 48.5 Å². The summed E-state index contributed by atoms with van der Waals surface area (Å²) < 4.78 is 5.06. The van der Waals surface area contributed by atoms with Crippen LogP contribution in [0.3, 0.4) is 0 Å². The molecule has 2 nitrogen and oxygen atoms in total. The van der Waals surface area contributed by atoms with E-state index in [0.29, 0.717) is 12.5 Å². The Morgan fingerprint density at radius 2 is 1.33 bits per heavy atom. The minimum absolute atomic E-state index is 0.212. The highest BCUT2D eigenvalue weighted by Crippen LogP contribution is 2.27. The van der Waals surface area contributed by atoms with Crippen LogP contribution in [0, 0.1) is 0 Å². The highest BCUT2D eigenvalue weighted by atomic mass is 16.6. The smallest absolute Gasteiger partial charge is 0.143 e. The molecule has 94 valence electrons. The Bertz CT molecular complexity index is 400. The van der Waals surface area contributed by atoms with Gasteiger partial charge in [0.05, 0.1) is 6.61 Å². The largest absolute Gasteiger partial charge is 0.371 e. The lowest BCUT2D eigenvalue weighted by Gasteiger charge is -2.17. The normalized spacial score (nSPS) is 10.8. The first-order valence-corrected chi connectivity index (χ1v) is 6.20. The molecule has 0 aliphatic carbocycles. The van der Waals surface area contributed by atoms with Crippen molar-refractivity contribution in [3.63, 3.8) is 0 Å². The number of aliphatic hydroxyl groups is 1. The quantitative estimate of drug-likeness (QED) is 0.622. The Kier molecular flexibility index (Phi) is 4.94. The van der Waals surface area contributed by atoms with Crippen molar-refractivity contribution in [1.29, 1.82) is 0 Å². The Hall–Kier alpha value is -1.64. The lowest BCUT2D eigenvalue weighted by molar-refractivity contribution is -0.00322. The number of ether oxygens (including phenoxy) is 1. The van der Waals surface area contributed by atoms with Crippen molar-refractivity contribution in [3.8, 4) is 0 Å². The van der Waals surface area contributed by atoms with Gasteiger partial charge in [0.1, 0.15) is 6.79 Å². The lowest BCUT2D eigenvalue weighted by Crippen LogP contribution is -2.06. The summed E-state index contributed by atoms with van der Waals surface area (Å²) in [7, 11) is 0. The fourth-order valence-corrected chi connectivity index (χ4v) is 2.16. The molecule has 2 heteroatoms. The van der Waals surface area contributed by atoms with Gasteiger partial charge in [-0.2, -0.15) is 0 Å². The zero-order valence-electron chi connectivity index (χ0n) is 10.3. The van der Waals surface area contributed by atoms with Crippen molar-refractivity contribution >= 4 is 0 Å². The zero-order chi connectivity index (χ0) is 12.6. The molecular weight excluding hydrogens is 224 g/mol.